The van der Waals surface area contributed by atoms with Crippen molar-refractivity contribution < 1.29 is 0 Å². The molecule has 0 saturated heterocycles. The second-order valence-corrected chi connectivity index (χ2v) is 5.37. The molecule has 2 bridgehead atoms. The van der Waals surface area contributed by atoms with Crippen LogP contribution < -0.4 is 0 Å². The molecule has 0 spiro atoms. The lowest BCUT2D eigenvalue weighted by Crippen LogP contribution is -2.42. The van der Waals surface area contributed by atoms with Crippen molar-refractivity contribution in [3.8, 4) is 0 Å². The quantitative estimate of drug-likeness (QED) is 0.481. The van der Waals surface area contributed by atoms with E-state index < -0.39 is 0 Å². The summed E-state index contributed by atoms with van der Waals surface area (Å²) in [5.74, 6) is 3.43. The van der Waals surface area contributed by atoms with E-state index >= 15 is 0 Å². The van der Waals surface area contributed by atoms with Crippen molar-refractivity contribution in [3.05, 3.63) is 0 Å². The first-order chi connectivity index (χ1) is 7.29. The maximum absolute atomic E-state index is 2.57. The van der Waals surface area contributed by atoms with Crippen LogP contribution in [0, 0.1) is 23.2 Å². The molecule has 4 unspecified atom stereocenters. The first kappa shape index (κ1) is 16.0. The maximum atomic E-state index is 2.57. The van der Waals surface area contributed by atoms with Gasteiger partial charge in [0.2, 0.25) is 0 Å². The van der Waals surface area contributed by atoms with Gasteiger partial charge in [0.1, 0.15) is 0 Å². The van der Waals surface area contributed by atoms with Gasteiger partial charge >= 0.3 is 0 Å². The van der Waals surface area contributed by atoms with Crippen LogP contribution in [0.15, 0.2) is 0 Å². The van der Waals surface area contributed by atoms with E-state index in [1.807, 2.05) is 27.7 Å². The van der Waals surface area contributed by atoms with Crippen LogP contribution in [0.2, 0.25) is 0 Å². The fourth-order valence-electron chi connectivity index (χ4n) is 4.18. The molecule has 3 saturated carbocycles. The summed E-state index contributed by atoms with van der Waals surface area (Å²) in [5.41, 5.74) is 0.834. The molecular formula is C16H34. The van der Waals surface area contributed by atoms with Crippen molar-refractivity contribution in [3.63, 3.8) is 0 Å². The second kappa shape index (κ2) is 6.67. The summed E-state index contributed by atoms with van der Waals surface area (Å²) < 4.78 is 0. The maximum Gasteiger partial charge on any atom is -0.0266 e. The average molecular weight is 226 g/mol. The van der Waals surface area contributed by atoms with Gasteiger partial charge in [0.05, 0.1) is 0 Å². The Labute approximate surface area is 104 Å². The van der Waals surface area contributed by atoms with E-state index in [4.69, 9.17) is 0 Å². The third kappa shape index (κ3) is 2.46. The Balaban J connectivity index is 0.000000411. The average Bonchev–Trinajstić information content (AvgIpc) is 2.42. The van der Waals surface area contributed by atoms with Crippen LogP contribution in [-0.2, 0) is 0 Å². The zero-order chi connectivity index (χ0) is 11.5. The SMILES string of the molecule is C.CC.CC.CC12CC3CCCC1CC2C3. The lowest BCUT2D eigenvalue weighted by molar-refractivity contribution is -0.0134. The summed E-state index contributed by atoms with van der Waals surface area (Å²) in [7, 11) is 0. The molecule has 0 nitrogen and oxygen atoms in total. The largest absolute Gasteiger partial charge is 0.0776 e. The Morgan fingerprint density at radius 2 is 1.50 bits per heavy atom. The summed E-state index contributed by atoms with van der Waals surface area (Å²) in [5, 5.41) is 0. The van der Waals surface area contributed by atoms with Crippen LogP contribution in [0.25, 0.3) is 0 Å². The summed E-state index contributed by atoms with van der Waals surface area (Å²) in [6.07, 6.45) is 9.42. The van der Waals surface area contributed by atoms with E-state index in [9.17, 15) is 0 Å². The highest BCUT2D eigenvalue weighted by atomic mass is 14.6. The van der Waals surface area contributed by atoms with Gasteiger partial charge in [-0.1, -0.05) is 54.9 Å². The standard InChI is InChI=1S/C11H18.2C2H6.CH4/c1-11-7-8-3-2-4-9(11)6-10(11)5-8;2*1-2;/h8-10H,2-7H2,1H3;2*1-2H3;1H4. The van der Waals surface area contributed by atoms with Crippen LogP contribution in [0.1, 0.15) is 80.6 Å². The molecule has 0 aliphatic heterocycles. The fraction of sp³-hybridized carbons (Fsp3) is 1.00. The Bertz CT molecular complexity index is 182. The van der Waals surface area contributed by atoms with Gasteiger partial charge < -0.3 is 0 Å². The third-order valence-electron chi connectivity index (χ3n) is 4.95. The summed E-state index contributed by atoms with van der Waals surface area (Å²) in [6, 6.07) is 0. The predicted molar refractivity (Wildman–Crippen MR) is 75.7 cm³/mol. The molecule has 0 aromatic heterocycles. The van der Waals surface area contributed by atoms with E-state index in [-0.39, 0.29) is 7.43 Å². The van der Waals surface area contributed by atoms with Gasteiger partial charge in [0.25, 0.3) is 0 Å². The zero-order valence-electron chi connectivity index (χ0n) is 11.5. The summed E-state index contributed by atoms with van der Waals surface area (Å²) >= 11 is 0. The number of hydrogen-bond donors (Lipinski definition) is 0. The molecule has 98 valence electrons. The van der Waals surface area contributed by atoms with Crippen molar-refractivity contribution in [1.82, 2.24) is 0 Å². The summed E-state index contributed by atoms with van der Waals surface area (Å²) in [6.45, 7) is 10.6. The highest BCUT2D eigenvalue weighted by Crippen LogP contribution is 2.66. The molecule has 0 aromatic carbocycles. The smallest absolute Gasteiger partial charge is 0.0266 e. The minimum Gasteiger partial charge on any atom is -0.0776 e. The lowest BCUT2D eigenvalue weighted by Gasteiger charge is -2.51. The van der Waals surface area contributed by atoms with Crippen molar-refractivity contribution in [2.45, 2.75) is 80.6 Å². The van der Waals surface area contributed by atoms with Crippen molar-refractivity contribution in [2.75, 3.05) is 0 Å². The first-order valence-electron chi connectivity index (χ1n) is 7.29. The molecular weight excluding hydrogens is 192 g/mol. The minimum absolute atomic E-state index is 0. The molecule has 3 fully saturated rings. The van der Waals surface area contributed by atoms with Gasteiger partial charge in [-0.05, 0) is 48.9 Å². The van der Waals surface area contributed by atoms with Gasteiger partial charge in [-0.2, -0.15) is 0 Å². The molecule has 3 aliphatic carbocycles. The molecule has 0 heterocycles. The van der Waals surface area contributed by atoms with E-state index in [1.165, 1.54) is 6.42 Å². The van der Waals surface area contributed by atoms with E-state index in [0.717, 1.165) is 23.2 Å². The highest BCUT2D eigenvalue weighted by Gasteiger charge is 2.57. The van der Waals surface area contributed by atoms with E-state index in [0.29, 0.717) is 0 Å². The molecule has 0 radical (unpaired) electrons. The molecule has 16 heavy (non-hydrogen) atoms. The van der Waals surface area contributed by atoms with Gasteiger partial charge in [-0.15, -0.1) is 0 Å². The van der Waals surface area contributed by atoms with Gasteiger partial charge in [-0.3, -0.25) is 0 Å². The van der Waals surface area contributed by atoms with Crippen LogP contribution in [0.4, 0.5) is 0 Å². The highest BCUT2D eigenvalue weighted by molar-refractivity contribution is 5.06. The molecule has 0 N–H and O–H groups in total. The predicted octanol–water partition coefficient (Wildman–Crippen LogP) is 5.91. The molecule has 3 rings (SSSR count). The van der Waals surface area contributed by atoms with Crippen LogP contribution in [0.3, 0.4) is 0 Å². The van der Waals surface area contributed by atoms with E-state index in [2.05, 4.69) is 6.92 Å². The Morgan fingerprint density at radius 3 is 2.12 bits per heavy atom. The number of rotatable bonds is 0. The first-order valence-corrected chi connectivity index (χ1v) is 7.29. The lowest BCUT2D eigenvalue weighted by atomic mass is 9.54. The van der Waals surface area contributed by atoms with Crippen LogP contribution >= 0.6 is 0 Å². The topological polar surface area (TPSA) is 0 Å². The van der Waals surface area contributed by atoms with Crippen molar-refractivity contribution in [2.24, 2.45) is 23.2 Å². The van der Waals surface area contributed by atoms with Crippen LogP contribution in [0.5, 0.6) is 0 Å². The Hall–Kier alpha value is 0. The number of hydrogen-bond acceptors (Lipinski definition) is 0. The van der Waals surface area contributed by atoms with Gasteiger partial charge in [-0.25, -0.2) is 0 Å². The van der Waals surface area contributed by atoms with E-state index in [1.54, 1.807) is 32.1 Å². The molecule has 3 aliphatic rings. The Morgan fingerprint density at radius 1 is 0.875 bits per heavy atom. The molecule has 4 atom stereocenters. The second-order valence-electron chi connectivity index (χ2n) is 5.37. The Kier molecular flexibility index (Phi) is 6.67. The molecule has 0 amide bonds. The van der Waals surface area contributed by atoms with Gasteiger partial charge in [0, 0.05) is 0 Å². The normalized spacial score (nSPS) is 42.2. The summed E-state index contributed by atoms with van der Waals surface area (Å²) in [4.78, 5) is 0. The zero-order valence-corrected chi connectivity index (χ0v) is 11.5. The van der Waals surface area contributed by atoms with Crippen molar-refractivity contribution in [1.29, 1.82) is 0 Å². The van der Waals surface area contributed by atoms with Gasteiger partial charge in [0.15, 0.2) is 0 Å². The molecule has 0 heteroatoms. The third-order valence-corrected chi connectivity index (χ3v) is 4.95. The van der Waals surface area contributed by atoms with Crippen LogP contribution in [-0.4, -0.2) is 0 Å². The fourth-order valence-corrected chi connectivity index (χ4v) is 4.18. The molecule has 0 aromatic rings. The van der Waals surface area contributed by atoms with Crippen molar-refractivity contribution >= 4 is 0 Å². The monoisotopic (exact) mass is 226 g/mol. The minimum atomic E-state index is 0. The number of fused-ring (bicyclic) bond motifs is 1.